The predicted octanol–water partition coefficient (Wildman–Crippen LogP) is 3.45. The van der Waals surface area contributed by atoms with Gasteiger partial charge < -0.3 is 5.11 Å². The van der Waals surface area contributed by atoms with E-state index in [2.05, 4.69) is 0 Å². The van der Waals surface area contributed by atoms with Gasteiger partial charge in [-0.2, -0.15) is 0 Å². The summed E-state index contributed by atoms with van der Waals surface area (Å²) in [6.45, 7) is 1.96. The standard InChI is InChI=1S/C17H18O2/c1-13-7-10-17(19)15(11-13)12-16(18)9-8-14-5-3-2-4-6-14/h2-7,10-11,19H,8-9,12H2,1H3. The fourth-order valence-corrected chi connectivity index (χ4v) is 2.09. The summed E-state index contributed by atoms with van der Waals surface area (Å²) in [5.74, 6) is 0.364. The van der Waals surface area contributed by atoms with Crippen molar-refractivity contribution in [2.75, 3.05) is 0 Å². The van der Waals surface area contributed by atoms with Gasteiger partial charge in [-0.05, 0) is 25.0 Å². The summed E-state index contributed by atoms with van der Waals surface area (Å²) in [5, 5.41) is 9.72. The number of rotatable bonds is 5. The third-order valence-electron chi connectivity index (χ3n) is 3.16. The summed E-state index contributed by atoms with van der Waals surface area (Å²) >= 11 is 0. The lowest BCUT2D eigenvalue weighted by Crippen LogP contribution is -2.04. The lowest BCUT2D eigenvalue weighted by molar-refractivity contribution is -0.118. The first-order valence-electron chi connectivity index (χ1n) is 6.49. The van der Waals surface area contributed by atoms with Gasteiger partial charge in [0, 0.05) is 18.4 Å². The van der Waals surface area contributed by atoms with Crippen molar-refractivity contribution >= 4 is 5.78 Å². The van der Waals surface area contributed by atoms with Crippen LogP contribution in [0, 0.1) is 6.92 Å². The average Bonchev–Trinajstić information content (AvgIpc) is 2.42. The van der Waals surface area contributed by atoms with Gasteiger partial charge in [0.05, 0.1) is 0 Å². The minimum absolute atomic E-state index is 0.157. The Morgan fingerprint density at radius 2 is 1.84 bits per heavy atom. The van der Waals surface area contributed by atoms with Crippen LogP contribution in [0.4, 0.5) is 0 Å². The highest BCUT2D eigenvalue weighted by atomic mass is 16.3. The molecule has 0 saturated carbocycles. The Kier molecular flexibility index (Phi) is 4.35. The molecule has 19 heavy (non-hydrogen) atoms. The molecule has 0 atom stereocenters. The Morgan fingerprint density at radius 1 is 1.11 bits per heavy atom. The van der Waals surface area contributed by atoms with Crippen LogP contribution in [0.15, 0.2) is 48.5 Å². The zero-order valence-corrected chi connectivity index (χ0v) is 11.1. The van der Waals surface area contributed by atoms with E-state index in [0.717, 1.165) is 17.5 Å². The monoisotopic (exact) mass is 254 g/mol. The number of carbonyl (C=O) groups excluding carboxylic acids is 1. The van der Waals surface area contributed by atoms with Crippen molar-refractivity contribution in [2.45, 2.75) is 26.2 Å². The van der Waals surface area contributed by atoms with Crippen LogP contribution >= 0.6 is 0 Å². The quantitative estimate of drug-likeness (QED) is 0.887. The highest BCUT2D eigenvalue weighted by molar-refractivity contribution is 5.81. The third-order valence-corrected chi connectivity index (χ3v) is 3.16. The van der Waals surface area contributed by atoms with Crippen LogP contribution in [0.1, 0.15) is 23.1 Å². The Bertz CT molecular complexity index is 559. The van der Waals surface area contributed by atoms with Crippen molar-refractivity contribution in [3.63, 3.8) is 0 Å². The van der Waals surface area contributed by atoms with E-state index >= 15 is 0 Å². The Labute approximate surface area is 113 Å². The first-order chi connectivity index (χ1) is 9.15. The van der Waals surface area contributed by atoms with Gasteiger partial charge in [0.25, 0.3) is 0 Å². The van der Waals surface area contributed by atoms with Gasteiger partial charge in [-0.3, -0.25) is 4.79 Å². The SMILES string of the molecule is Cc1ccc(O)c(CC(=O)CCc2ccccc2)c1. The molecule has 98 valence electrons. The van der Waals surface area contributed by atoms with E-state index in [1.165, 1.54) is 5.56 Å². The topological polar surface area (TPSA) is 37.3 Å². The molecule has 2 nitrogen and oxygen atoms in total. The van der Waals surface area contributed by atoms with Gasteiger partial charge in [-0.25, -0.2) is 0 Å². The molecule has 2 aromatic carbocycles. The third kappa shape index (κ3) is 3.95. The zero-order chi connectivity index (χ0) is 13.7. The molecule has 0 spiro atoms. The second-order valence-corrected chi connectivity index (χ2v) is 4.83. The van der Waals surface area contributed by atoms with Gasteiger partial charge in [0.2, 0.25) is 0 Å². The van der Waals surface area contributed by atoms with E-state index in [1.807, 2.05) is 49.4 Å². The van der Waals surface area contributed by atoms with Gasteiger partial charge in [-0.1, -0.05) is 48.0 Å². The van der Waals surface area contributed by atoms with Crippen LogP contribution in [0.2, 0.25) is 0 Å². The van der Waals surface area contributed by atoms with Crippen molar-refractivity contribution in [2.24, 2.45) is 0 Å². The summed E-state index contributed by atoms with van der Waals surface area (Å²) in [4.78, 5) is 11.9. The van der Waals surface area contributed by atoms with Crippen molar-refractivity contribution in [1.29, 1.82) is 0 Å². The van der Waals surface area contributed by atoms with Crippen LogP contribution in [0.3, 0.4) is 0 Å². The molecule has 0 unspecified atom stereocenters. The fourth-order valence-electron chi connectivity index (χ4n) is 2.09. The fraction of sp³-hybridized carbons (Fsp3) is 0.235. The van der Waals surface area contributed by atoms with Crippen molar-refractivity contribution in [1.82, 2.24) is 0 Å². The average molecular weight is 254 g/mol. The maximum absolute atomic E-state index is 11.9. The van der Waals surface area contributed by atoms with E-state index < -0.39 is 0 Å². The molecule has 0 amide bonds. The summed E-state index contributed by atoms with van der Waals surface area (Å²) in [6.07, 6.45) is 1.57. The maximum atomic E-state index is 11.9. The minimum Gasteiger partial charge on any atom is -0.508 e. The number of Topliss-reactive ketones (excluding diaryl/α,β-unsaturated/α-hetero) is 1. The van der Waals surface area contributed by atoms with E-state index in [0.29, 0.717) is 12.8 Å². The molecule has 0 fully saturated rings. The minimum atomic E-state index is 0.157. The molecule has 1 N–H and O–H groups in total. The molecular formula is C17H18O2. The van der Waals surface area contributed by atoms with Gasteiger partial charge in [0.15, 0.2) is 0 Å². The number of hydrogen-bond donors (Lipinski definition) is 1. The van der Waals surface area contributed by atoms with E-state index in [4.69, 9.17) is 0 Å². The first kappa shape index (κ1) is 13.3. The number of phenols is 1. The van der Waals surface area contributed by atoms with Crippen LogP contribution in [-0.4, -0.2) is 10.9 Å². The molecule has 0 heterocycles. The van der Waals surface area contributed by atoms with Crippen molar-refractivity contribution < 1.29 is 9.90 Å². The van der Waals surface area contributed by atoms with Crippen LogP contribution in [0.25, 0.3) is 0 Å². The molecule has 0 aromatic heterocycles. The van der Waals surface area contributed by atoms with Gasteiger partial charge >= 0.3 is 0 Å². The summed E-state index contributed by atoms with van der Waals surface area (Å²) in [6, 6.07) is 15.3. The predicted molar refractivity (Wildman–Crippen MR) is 76.3 cm³/mol. The molecule has 0 bridgehead atoms. The normalized spacial score (nSPS) is 10.4. The zero-order valence-electron chi connectivity index (χ0n) is 11.1. The van der Waals surface area contributed by atoms with Crippen molar-refractivity contribution in [3.8, 4) is 5.75 Å². The Morgan fingerprint density at radius 3 is 2.58 bits per heavy atom. The smallest absolute Gasteiger partial charge is 0.137 e. The van der Waals surface area contributed by atoms with Crippen LogP contribution < -0.4 is 0 Å². The second kappa shape index (κ2) is 6.19. The Balaban J connectivity index is 1.93. The number of hydrogen-bond acceptors (Lipinski definition) is 2. The number of aryl methyl sites for hydroxylation is 2. The van der Waals surface area contributed by atoms with Crippen LogP contribution in [0.5, 0.6) is 5.75 Å². The molecule has 2 heteroatoms. The summed E-state index contributed by atoms with van der Waals surface area (Å²) in [5.41, 5.74) is 2.95. The number of carbonyl (C=O) groups is 1. The molecule has 0 saturated heterocycles. The molecular weight excluding hydrogens is 236 g/mol. The number of benzene rings is 2. The molecule has 0 aliphatic carbocycles. The first-order valence-corrected chi connectivity index (χ1v) is 6.49. The maximum Gasteiger partial charge on any atom is 0.137 e. The molecule has 2 aromatic rings. The molecule has 2 rings (SSSR count). The lowest BCUT2D eigenvalue weighted by atomic mass is 10.0. The second-order valence-electron chi connectivity index (χ2n) is 4.83. The van der Waals surface area contributed by atoms with E-state index in [9.17, 15) is 9.90 Å². The largest absolute Gasteiger partial charge is 0.508 e. The van der Waals surface area contributed by atoms with E-state index in [-0.39, 0.29) is 11.5 Å². The highest BCUT2D eigenvalue weighted by Gasteiger charge is 2.08. The molecule has 0 radical (unpaired) electrons. The molecule has 0 aliphatic rings. The van der Waals surface area contributed by atoms with Crippen molar-refractivity contribution in [3.05, 3.63) is 65.2 Å². The number of aromatic hydroxyl groups is 1. The number of ketones is 1. The van der Waals surface area contributed by atoms with Crippen LogP contribution in [-0.2, 0) is 17.6 Å². The highest BCUT2D eigenvalue weighted by Crippen LogP contribution is 2.19. The number of phenolic OH excluding ortho intramolecular Hbond substituents is 1. The summed E-state index contributed by atoms with van der Waals surface area (Å²) < 4.78 is 0. The lowest BCUT2D eigenvalue weighted by Gasteiger charge is -2.05. The van der Waals surface area contributed by atoms with Gasteiger partial charge in [-0.15, -0.1) is 0 Å². The summed E-state index contributed by atoms with van der Waals surface area (Å²) in [7, 11) is 0. The van der Waals surface area contributed by atoms with E-state index in [1.54, 1.807) is 6.07 Å². The Hall–Kier alpha value is -2.09. The molecule has 0 aliphatic heterocycles. The van der Waals surface area contributed by atoms with Gasteiger partial charge in [0.1, 0.15) is 11.5 Å².